The third-order valence-electron chi connectivity index (χ3n) is 5.72. The summed E-state index contributed by atoms with van der Waals surface area (Å²) in [5.74, 6) is 0. The number of halogens is 2. The monoisotopic (exact) mass is 611 g/mol. The van der Waals surface area contributed by atoms with Crippen molar-refractivity contribution in [2.75, 3.05) is 4.90 Å². The third kappa shape index (κ3) is 5.96. The van der Waals surface area contributed by atoms with E-state index in [1.54, 1.807) is 11.3 Å². The van der Waals surface area contributed by atoms with Crippen LogP contribution in [-0.2, 0) is 0 Å². The molecule has 5 rings (SSSR count). The third-order valence-corrected chi connectivity index (χ3v) is 7.93. The van der Waals surface area contributed by atoms with Crippen LogP contribution in [0.25, 0.3) is 24.3 Å². The molecule has 36 heavy (non-hydrogen) atoms. The molecule has 4 aromatic carbocycles. The van der Waals surface area contributed by atoms with Gasteiger partial charge in [-0.2, -0.15) is 0 Å². The number of hydrogen-bond donors (Lipinski definition) is 0. The zero-order chi connectivity index (χ0) is 24.7. The van der Waals surface area contributed by atoms with E-state index >= 15 is 0 Å². The first-order valence-electron chi connectivity index (χ1n) is 11.6. The summed E-state index contributed by atoms with van der Waals surface area (Å²) in [5.41, 5.74) is 6.77. The van der Waals surface area contributed by atoms with Gasteiger partial charge in [-0.1, -0.05) is 111 Å². The van der Waals surface area contributed by atoms with Crippen molar-refractivity contribution in [1.82, 2.24) is 0 Å². The maximum Gasteiger partial charge on any atom is 0.0473 e. The maximum atomic E-state index is 3.80. The van der Waals surface area contributed by atoms with Gasteiger partial charge in [0.2, 0.25) is 0 Å². The predicted molar refractivity (Wildman–Crippen MR) is 165 cm³/mol. The molecule has 176 valence electrons. The van der Waals surface area contributed by atoms with E-state index in [4.69, 9.17) is 0 Å². The quantitative estimate of drug-likeness (QED) is 0.165. The number of thiophene rings is 1. The summed E-state index contributed by atoms with van der Waals surface area (Å²) < 4.78 is 2.12. The van der Waals surface area contributed by atoms with E-state index in [-0.39, 0.29) is 0 Å². The number of para-hydroxylation sites is 2. The standard InChI is InChI=1S/C32H23Br2NS/c33-31-22-24(14-16-26(31)18-20-30-12-7-21-36-30)13-15-25-17-19-29(23-32(25)34)35(27-8-3-1-4-9-27)28-10-5-2-6-11-28/h1-23H/b15-13+,20-18+. The normalized spacial score (nSPS) is 11.4. The summed E-state index contributed by atoms with van der Waals surface area (Å²) in [6, 6.07) is 38.0. The minimum absolute atomic E-state index is 1.04. The highest BCUT2D eigenvalue weighted by Gasteiger charge is 2.12. The fourth-order valence-electron chi connectivity index (χ4n) is 3.92. The molecule has 0 bridgehead atoms. The van der Waals surface area contributed by atoms with Gasteiger partial charge in [0.25, 0.3) is 0 Å². The van der Waals surface area contributed by atoms with Crippen LogP contribution in [0.15, 0.2) is 124 Å². The maximum absolute atomic E-state index is 3.80. The van der Waals surface area contributed by atoms with Gasteiger partial charge in [0.15, 0.2) is 0 Å². The van der Waals surface area contributed by atoms with Gasteiger partial charge in [-0.3, -0.25) is 0 Å². The Morgan fingerprint density at radius 2 is 1.14 bits per heavy atom. The van der Waals surface area contributed by atoms with Gasteiger partial charge in [-0.25, -0.2) is 0 Å². The van der Waals surface area contributed by atoms with Crippen molar-refractivity contribution in [2.45, 2.75) is 0 Å². The molecule has 0 aliphatic heterocycles. The van der Waals surface area contributed by atoms with Gasteiger partial charge in [0.05, 0.1) is 0 Å². The number of nitrogens with zero attached hydrogens (tertiary/aromatic N) is 1. The molecule has 0 unspecified atom stereocenters. The molecule has 0 amide bonds. The summed E-state index contributed by atoms with van der Waals surface area (Å²) in [5, 5.41) is 2.09. The average molecular weight is 613 g/mol. The highest BCUT2D eigenvalue weighted by atomic mass is 79.9. The number of hydrogen-bond acceptors (Lipinski definition) is 2. The van der Waals surface area contributed by atoms with Crippen molar-refractivity contribution < 1.29 is 0 Å². The van der Waals surface area contributed by atoms with Crippen LogP contribution in [0.3, 0.4) is 0 Å². The van der Waals surface area contributed by atoms with Crippen molar-refractivity contribution >= 4 is 84.6 Å². The molecule has 0 aliphatic carbocycles. The number of benzene rings is 4. The molecule has 0 fully saturated rings. The topological polar surface area (TPSA) is 3.24 Å². The van der Waals surface area contributed by atoms with Crippen LogP contribution in [-0.4, -0.2) is 0 Å². The van der Waals surface area contributed by atoms with E-state index in [9.17, 15) is 0 Å². The average Bonchev–Trinajstić information content (AvgIpc) is 3.43. The van der Waals surface area contributed by atoms with Crippen molar-refractivity contribution in [3.8, 4) is 0 Å². The Bertz CT molecular complexity index is 1450. The lowest BCUT2D eigenvalue weighted by molar-refractivity contribution is 1.28. The fraction of sp³-hybridized carbons (Fsp3) is 0. The van der Waals surface area contributed by atoms with Gasteiger partial charge in [0.1, 0.15) is 0 Å². The van der Waals surface area contributed by atoms with Crippen LogP contribution in [0.5, 0.6) is 0 Å². The van der Waals surface area contributed by atoms with Gasteiger partial charge >= 0.3 is 0 Å². The molecular formula is C32H23Br2NS. The molecule has 5 aromatic rings. The van der Waals surface area contributed by atoms with Crippen LogP contribution < -0.4 is 4.90 Å². The molecule has 0 aliphatic rings. The van der Waals surface area contributed by atoms with Crippen LogP contribution in [0.2, 0.25) is 0 Å². The number of anilines is 3. The molecule has 0 N–H and O–H groups in total. The first kappa shape index (κ1) is 24.5. The Hall–Kier alpha value is -3.18. The van der Waals surface area contributed by atoms with E-state index < -0.39 is 0 Å². The van der Waals surface area contributed by atoms with Crippen molar-refractivity contribution in [3.63, 3.8) is 0 Å². The van der Waals surface area contributed by atoms with Crippen molar-refractivity contribution in [2.24, 2.45) is 0 Å². The zero-order valence-corrected chi connectivity index (χ0v) is 23.4. The Morgan fingerprint density at radius 3 is 1.72 bits per heavy atom. The Balaban J connectivity index is 1.38. The summed E-state index contributed by atoms with van der Waals surface area (Å²) in [6.07, 6.45) is 8.58. The van der Waals surface area contributed by atoms with Crippen LogP contribution in [0.4, 0.5) is 17.1 Å². The Morgan fingerprint density at radius 1 is 0.528 bits per heavy atom. The van der Waals surface area contributed by atoms with E-state index in [1.807, 2.05) is 12.1 Å². The first-order valence-corrected chi connectivity index (χ1v) is 14.0. The number of rotatable bonds is 7. The minimum Gasteiger partial charge on any atom is -0.310 e. The fourth-order valence-corrected chi connectivity index (χ4v) is 5.56. The van der Waals surface area contributed by atoms with Crippen LogP contribution in [0.1, 0.15) is 21.6 Å². The predicted octanol–water partition coefficient (Wildman–Crippen LogP) is 11.1. The van der Waals surface area contributed by atoms with Crippen molar-refractivity contribution in [1.29, 1.82) is 0 Å². The molecule has 1 aromatic heterocycles. The lowest BCUT2D eigenvalue weighted by atomic mass is 10.1. The molecule has 0 radical (unpaired) electrons. The van der Waals surface area contributed by atoms with E-state index in [0.29, 0.717) is 0 Å². The zero-order valence-electron chi connectivity index (χ0n) is 19.4. The molecule has 0 saturated carbocycles. The highest BCUT2D eigenvalue weighted by Crippen LogP contribution is 2.36. The molecular weight excluding hydrogens is 590 g/mol. The molecule has 0 saturated heterocycles. The summed E-state index contributed by atoms with van der Waals surface area (Å²) in [4.78, 5) is 3.51. The molecule has 0 atom stereocenters. The van der Waals surface area contributed by atoms with Gasteiger partial charge in [-0.05, 0) is 76.7 Å². The second-order valence-corrected chi connectivity index (χ2v) is 10.9. The summed E-state index contributed by atoms with van der Waals surface area (Å²) in [6.45, 7) is 0. The molecule has 0 spiro atoms. The van der Waals surface area contributed by atoms with E-state index in [1.165, 1.54) is 4.88 Å². The smallest absolute Gasteiger partial charge is 0.0473 e. The second kappa shape index (κ2) is 11.7. The van der Waals surface area contributed by atoms with Crippen molar-refractivity contribution in [3.05, 3.63) is 145 Å². The highest BCUT2D eigenvalue weighted by molar-refractivity contribution is 9.10. The van der Waals surface area contributed by atoms with E-state index in [2.05, 4.69) is 164 Å². The van der Waals surface area contributed by atoms with E-state index in [0.717, 1.165) is 42.7 Å². The lowest BCUT2D eigenvalue weighted by Crippen LogP contribution is -2.09. The second-order valence-electron chi connectivity index (χ2n) is 8.18. The Labute approximate surface area is 233 Å². The Kier molecular flexibility index (Phi) is 7.97. The lowest BCUT2D eigenvalue weighted by Gasteiger charge is -2.25. The largest absolute Gasteiger partial charge is 0.310 e. The van der Waals surface area contributed by atoms with Crippen LogP contribution >= 0.6 is 43.2 Å². The molecule has 4 heteroatoms. The van der Waals surface area contributed by atoms with Gasteiger partial charge in [0, 0.05) is 30.9 Å². The van der Waals surface area contributed by atoms with Crippen LogP contribution in [0, 0.1) is 0 Å². The van der Waals surface area contributed by atoms with Gasteiger partial charge in [-0.15, -0.1) is 11.3 Å². The minimum atomic E-state index is 1.04. The molecule has 1 heterocycles. The summed E-state index contributed by atoms with van der Waals surface area (Å²) in [7, 11) is 0. The summed E-state index contributed by atoms with van der Waals surface area (Å²) >= 11 is 9.27. The first-order chi connectivity index (χ1) is 17.7. The molecule has 1 nitrogen and oxygen atoms in total. The SMILES string of the molecule is Brc1cc(/C=C/c2ccc(N(c3ccccc3)c3ccccc3)cc2Br)ccc1/C=C/c1cccs1. The van der Waals surface area contributed by atoms with Gasteiger partial charge < -0.3 is 4.90 Å².